The number of ketones is 1. The van der Waals surface area contributed by atoms with Crippen LogP contribution in [0.1, 0.15) is 68.9 Å². The number of ether oxygens (including phenoxy) is 2. The van der Waals surface area contributed by atoms with E-state index in [1.54, 1.807) is 39.0 Å². The molecular weight excluding hydrogens is 570 g/mol. The van der Waals surface area contributed by atoms with Crippen LogP contribution >= 0.6 is 0 Å². The molecule has 0 saturated carbocycles. The zero-order valence-corrected chi connectivity index (χ0v) is 26.8. The Morgan fingerprint density at radius 3 is 2.09 bits per heavy atom. The Labute approximate surface area is 266 Å². The van der Waals surface area contributed by atoms with Crippen molar-refractivity contribution in [3.8, 4) is 0 Å². The Balaban J connectivity index is 1.71. The van der Waals surface area contributed by atoms with Crippen LogP contribution in [0.15, 0.2) is 84.9 Å². The van der Waals surface area contributed by atoms with Crippen LogP contribution in [0.5, 0.6) is 0 Å². The molecule has 0 aliphatic heterocycles. The number of nitrogens with one attached hydrogen (secondary N) is 3. The van der Waals surface area contributed by atoms with Crippen LogP contribution in [0.3, 0.4) is 0 Å². The maximum atomic E-state index is 13.7. The number of aryl methyl sites for hydroxylation is 1. The molecule has 3 aromatic carbocycles. The van der Waals surface area contributed by atoms with Crippen molar-refractivity contribution in [1.82, 2.24) is 10.6 Å². The van der Waals surface area contributed by atoms with Crippen molar-refractivity contribution in [1.29, 1.82) is 0 Å². The fourth-order valence-electron chi connectivity index (χ4n) is 4.56. The highest BCUT2D eigenvalue weighted by atomic mass is 16.6. The summed E-state index contributed by atoms with van der Waals surface area (Å²) in [5.41, 5.74) is 1.95. The Morgan fingerprint density at radius 2 is 1.47 bits per heavy atom. The lowest BCUT2D eigenvalue weighted by molar-refractivity contribution is -0.132. The van der Waals surface area contributed by atoms with Gasteiger partial charge in [0.25, 0.3) is 5.91 Å². The van der Waals surface area contributed by atoms with E-state index in [9.17, 15) is 19.2 Å². The molecule has 0 unspecified atom stereocenters. The average Bonchev–Trinajstić information content (AvgIpc) is 3.01. The van der Waals surface area contributed by atoms with Crippen molar-refractivity contribution in [2.75, 3.05) is 11.9 Å². The van der Waals surface area contributed by atoms with E-state index in [1.807, 2.05) is 74.5 Å². The molecule has 0 saturated heterocycles. The van der Waals surface area contributed by atoms with Crippen molar-refractivity contribution in [2.24, 2.45) is 5.92 Å². The second-order valence-electron chi connectivity index (χ2n) is 12.1. The van der Waals surface area contributed by atoms with E-state index >= 15 is 0 Å². The molecule has 0 bridgehead atoms. The van der Waals surface area contributed by atoms with E-state index in [0.717, 1.165) is 11.1 Å². The van der Waals surface area contributed by atoms with Crippen molar-refractivity contribution in [2.45, 2.75) is 78.2 Å². The topological polar surface area (TPSA) is 123 Å². The summed E-state index contributed by atoms with van der Waals surface area (Å²) >= 11 is 0. The second-order valence-corrected chi connectivity index (χ2v) is 12.1. The molecule has 0 spiro atoms. The predicted molar refractivity (Wildman–Crippen MR) is 175 cm³/mol. The molecule has 0 fully saturated rings. The molecule has 3 rings (SSSR count). The number of amides is 3. The summed E-state index contributed by atoms with van der Waals surface area (Å²) in [6.07, 6.45) is 0.925. The highest BCUT2D eigenvalue weighted by Crippen LogP contribution is 2.16. The van der Waals surface area contributed by atoms with Gasteiger partial charge in [-0.15, -0.1) is 0 Å². The summed E-state index contributed by atoms with van der Waals surface area (Å²) < 4.78 is 11.0. The molecule has 0 aliphatic carbocycles. The molecule has 0 radical (unpaired) electrons. The molecular formula is C36H45N3O6. The van der Waals surface area contributed by atoms with Gasteiger partial charge in [-0.25, -0.2) is 4.79 Å². The molecule has 0 heterocycles. The first-order valence-corrected chi connectivity index (χ1v) is 15.3. The van der Waals surface area contributed by atoms with Gasteiger partial charge >= 0.3 is 6.09 Å². The Morgan fingerprint density at radius 1 is 0.822 bits per heavy atom. The van der Waals surface area contributed by atoms with Crippen molar-refractivity contribution in [3.05, 3.63) is 102 Å². The summed E-state index contributed by atoms with van der Waals surface area (Å²) in [6, 6.07) is 24.0. The first kappa shape index (κ1) is 35.0. The maximum Gasteiger partial charge on any atom is 0.412 e. The van der Waals surface area contributed by atoms with Gasteiger partial charge in [0.05, 0.1) is 12.6 Å². The van der Waals surface area contributed by atoms with E-state index in [-0.39, 0.29) is 30.5 Å². The Bertz CT molecular complexity index is 1410. The van der Waals surface area contributed by atoms with Crippen LogP contribution in [-0.2, 0) is 32.1 Å². The van der Waals surface area contributed by atoms with Crippen molar-refractivity contribution in [3.63, 3.8) is 0 Å². The highest BCUT2D eigenvalue weighted by molar-refractivity contribution is 6.00. The fraction of sp³-hybridized carbons (Fsp3) is 0.389. The fourth-order valence-corrected chi connectivity index (χ4v) is 4.56. The van der Waals surface area contributed by atoms with Crippen LogP contribution in [0.25, 0.3) is 0 Å². The minimum Gasteiger partial charge on any atom is -0.444 e. The third-order valence-electron chi connectivity index (χ3n) is 7.18. The van der Waals surface area contributed by atoms with Gasteiger partial charge in [0, 0.05) is 11.3 Å². The van der Waals surface area contributed by atoms with E-state index in [0.29, 0.717) is 24.9 Å². The van der Waals surface area contributed by atoms with Gasteiger partial charge in [-0.1, -0.05) is 87.0 Å². The second kappa shape index (κ2) is 17.1. The number of rotatable bonds is 15. The van der Waals surface area contributed by atoms with Crippen LogP contribution in [0.4, 0.5) is 10.5 Å². The number of hydrogen-bond donors (Lipinski definition) is 3. The number of carbonyl (C=O) groups excluding carboxylic acids is 4. The van der Waals surface area contributed by atoms with Gasteiger partial charge in [0.2, 0.25) is 5.91 Å². The summed E-state index contributed by atoms with van der Waals surface area (Å²) in [5.74, 6) is -1.40. The summed E-state index contributed by atoms with van der Waals surface area (Å²) in [4.78, 5) is 52.6. The summed E-state index contributed by atoms with van der Waals surface area (Å²) in [7, 11) is 0. The molecule has 240 valence electrons. The standard InChI is InChI=1S/C36H45N3O6/c1-6-25(2)32(39-33(41)28-18-13-19-29(22-28)37-35(43)45-36(3,4)5)34(42)38-30(21-20-26-14-9-7-10-15-26)31(40)24-44-23-27-16-11-8-12-17-27/h7-19,22,25,30,32H,6,20-21,23-24H2,1-5H3,(H,37,43)(H,38,42)(H,39,41)/t25-,30+,32+/m1/s1. The van der Waals surface area contributed by atoms with Crippen LogP contribution in [0, 0.1) is 5.92 Å². The summed E-state index contributed by atoms with van der Waals surface area (Å²) in [6.45, 7) is 9.19. The first-order chi connectivity index (χ1) is 21.4. The molecule has 3 aromatic rings. The smallest absolute Gasteiger partial charge is 0.412 e. The maximum absolute atomic E-state index is 13.7. The molecule has 3 amide bonds. The SMILES string of the molecule is CC[C@@H](C)[C@H](NC(=O)c1cccc(NC(=O)OC(C)(C)C)c1)C(=O)N[C@@H](CCc1ccccc1)C(=O)COCc1ccccc1. The number of hydrogen-bond acceptors (Lipinski definition) is 6. The molecule has 3 N–H and O–H groups in total. The van der Waals surface area contributed by atoms with Gasteiger partial charge in [0.15, 0.2) is 5.78 Å². The van der Waals surface area contributed by atoms with Crippen LogP contribution in [-0.4, -0.2) is 48.0 Å². The predicted octanol–water partition coefficient (Wildman–Crippen LogP) is 6.08. The molecule has 0 aromatic heterocycles. The van der Waals surface area contributed by atoms with E-state index in [1.165, 1.54) is 6.07 Å². The third kappa shape index (κ3) is 12.2. The quantitative estimate of drug-likeness (QED) is 0.190. The van der Waals surface area contributed by atoms with Gasteiger partial charge < -0.3 is 20.1 Å². The van der Waals surface area contributed by atoms with E-state index in [2.05, 4.69) is 16.0 Å². The van der Waals surface area contributed by atoms with Gasteiger partial charge in [-0.2, -0.15) is 0 Å². The average molecular weight is 616 g/mol. The lowest BCUT2D eigenvalue weighted by Gasteiger charge is -2.26. The first-order valence-electron chi connectivity index (χ1n) is 15.3. The number of Topliss-reactive ketones (excluding diaryl/α,β-unsaturated/α-hetero) is 1. The Kier molecular flexibility index (Phi) is 13.3. The van der Waals surface area contributed by atoms with Crippen molar-refractivity contribution >= 4 is 29.4 Å². The highest BCUT2D eigenvalue weighted by Gasteiger charge is 2.30. The zero-order chi connectivity index (χ0) is 32.8. The van der Waals surface area contributed by atoms with Crippen LogP contribution < -0.4 is 16.0 Å². The normalized spacial score (nSPS) is 13.2. The van der Waals surface area contributed by atoms with Crippen molar-refractivity contribution < 1.29 is 28.7 Å². The molecule has 3 atom stereocenters. The Hall–Kier alpha value is -4.50. The van der Waals surface area contributed by atoms with Crippen LogP contribution in [0.2, 0.25) is 0 Å². The molecule has 9 heteroatoms. The third-order valence-corrected chi connectivity index (χ3v) is 7.18. The largest absolute Gasteiger partial charge is 0.444 e. The van der Waals surface area contributed by atoms with Gasteiger partial charge in [-0.05, 0) is 68.9 Å². The van der Waals surface area contributed by atoms with E-state index in [4.69, 9.17) is 9.47 Å². The summed E-state index contributed by atoms with van der Waals surface area (Å²) in [5, 5.41) is 8.39. The molecule has 45 heavy (non-hydrogen) atoms. The number of benzene rings is 3. The lowest BCUT2D eigenvalue weighted by atomic mass is 9.96. The number of anilines is 1. The minimum absolute atomic E-state index is 0.160. The van der Waals surface area contributed by atoms with Gasteiger partial charge in [-0.3, -0.25) is 19.7 Å². The van der Waals surface area contributed by atoms with E-state index < -0.39 is 35.6 Å². The molecule has 0 aliphatic rings. The minimum atomic E-state index is -0.901. The van der Waals surface area contributed by atoms with Gasteiger partial charge in [0.1, 0.15) is 18.2 Å². The monoisotopic (exact) mass is 615 g/mol. The number of carbonyl (C=O) groups is 4. The molecule has 9 nitrogen and oxygen atoms in total. The zero-order valence-electron chi connectivity index (χ0n) is 26.8. The lowest BCUT2D eigenvalue weighted by Crippen LogP contribution is -2.54.